The van der Waals surface area contributed by atoms with E-state index in [4.69, 9.17) is 27.8 Å². The number of hydrogen-bond donors (Lipinski definition) is 3. The molecule has 0 aliphatic rings. The fourth-order valence-corrected chi connectivity index (χ4v) is 1.76. The van der Waals surface area contributed by atoms with Crippen LogP contribution in [0.4, 0.5) is 17.5 Å². The zero-order valence-electron chi connectivity index (χ0n) is 11.3. The number of halogens is 1. The molecule has 7 nitrogen and oxygen atoms in total. The van der Waals surface area contributed by atoms with E-state index in [9.17, 15) is 4.79 Å². The summed E-state index contributed by atoms with van der Waals surface area (Å²) in [5, 5.41) is 0.663. The lowest BCUT2D eigenvalue weighted by atomic mass is 10.2. The van der Waals surface area contributed by atoms with E-state index in [0.717, 1.165) is 5.56 Å². The summed E-state index contributed by atoms with van der Waals surface area (Å²) in [5.74, 6) is 0.217. The number of nitrogen functional groups attached to an aromatic ring is 2. The molecular formula is C13H15ClN5O2+. The molecule has 0 unspecified atom stereocenters. The van der Waals surface area contributed by atoms with Gasteiger partial charge in [0.2, 0.25) is 6.40 Å². The summed E-state index contributed by atoms with van der Waals surface area (Å²) < 4.78 is 6.90. The zero-order valence-corrected chi connectivity index (χ0v) is 12.1. The number of nitrogens with two attached hydrogens (primary N) is 2. The SMILES string of the molecule is C/[N+](=C/OCc1ccc(Cl)cc1)c1nc(N)[nH]c(=O)c1N. The monoisotopic (exact) mass is 308 g/mol. The van der Waals surface area contributed by atoms with Crippen molar-refractivity contribution in [1.82, 2.24) is 9.97 Å². The Bertz CT molecular complexity index is 724. The van der Waals surface area contributed by atoms with E-state index in [1.165, 1.54) is 11.0 Å². The second-order valence-electron chi connectivity index (χ2n) is 4.34. The van der Waals surface area contributed by atoms with Crippen molar-refractivity contribution in [3.63, 3.8) is 0 Å². The van der Waals surface area contributed by atoms with Gasteiger partial charge >= 0.3 is 11.8 Å². The van der Waals surface area contributed by atoms with Gasteiger partial charge < -0.3 is 16.2 Å². The molecule has 0 saturated carbocycles. The van der Waals surface area contributed by atoms with Crippen LogP contribution in [0.5, 0.6) is 0 Å². The highest BCUT2D eigenvalue weighted by Gasteiger charge is 2.17. The number of nitrogens with one attached hydrogen (secondary N) is 1. The molecule has 0 spiro atoms. The predicted molar refractivity (Wildman–Crippen MR) is 81.8 cm³/mol. The number of aromatic amines is 1. The van der Waals surface area contributed by atoms with Crippen LogP contribution in [-0.2, 0) is 11.3 Å². The minimum Gasteiger partial charge on any atom is -0.463 e. The number of H-pyrrole nitrogens is 1. The molecular weight excluding hydrogens is 294 g/mol. The summed E-state index contributed by atoms with van der Waals surface area (Å²) in [6.45, 7) is 0.347. The second-order valence-corrected chi connectivity index (χ2v) is 4.78. The number of ether oxygens (including phenoxy) is 1. The highest BCUT2D eigenvalue weighted by molar-refractivity contribution is 6.30. The lowest BCUT2D eigenvalue weighted by Gasteiger charge is -2.02. The van der Waals surface area contributed by atoms with Crippen LogP contribution in [-0.4, -0.2) is 28.0 Å². The minimum atomic E-state index is -0.490. The molecule has 2 rings (SSSR count). The highest BCUT2D eigenvalue weighted by Crippen LogP contribution is 2.13. The minimum absolute atomic E-state index is 0.0119. The Hall–Kier alpha value is -2.54. The van der Waals surface area contributed by atoms with Gasteiger partial charge in [0.1, 0.15) is 6.61 Å². The molecule has 1 heterocycles. The average molecular weight is 309 g/mol. The maximum absolute atomic E-state index is 11.5. The Morgan fingerprint density at radius 1 is 1.38 bits per heavy atom. The quantitative estimate of drug-likeness (QED) is 0.445. The van der Waals surface area contributed by atoms with E-state index < -0.39 is 5.56 Å². The Morgan fingerprint density at radius 2 is 2.05 bits per heavy atom. The van der Waals surface area contributed by atoms with Crippen molar-refractivity contribution in [3.05, 3.63) is 45.2 Å². The highest BCUT2D eigenvalue weighted by atomic mass is 35.5. The zero-order chi connectivity index (χ0) is 15.4. The van der Waals surface area contributed by atoms with Gasteiger partial charge in [0.25, 0.3) is 5.56 Å². The van der Waals surface area contributed by atoms with Crippen LogP contribution in [0.15, 0.2) is 29.1 Å². The first-order chi connectivity index (χ1) is 9.97. The topological polar surface area (TPSA) is 110 Å². The van der Waals surface area contributed by atoms with Crippen LogP contribution in [0.1, 0.15) is 5.56 Å². The van der Waals surface area contributed by atoms with Crippen LogP contribution in [0.3, 0.4) is 0 Å². The van der Waals surface area contributed by atoms with Crippen LogP contribution < -0.4 is 17.0 Å². The van der Waals surface area contributed by atoms with Gasteiger partial charge in [-0.15, -0.1) is 0 Å². The summed E-state index contributed by atoms with van der Waals surface area (Å²) in [6, 6.07) is 7.27. The molecule has 2 aromatic rings. The van der Waals surface area contributed by atoms with Crippen molar-refractivity contribution in [2.45, 2.75) is 6.61 Å². The summed E-state index contributed by atoms with van der Waals surface area (Å²) in [4.78, 5) is 17.8. The number of nitrogens with zero attached hydrogens (tertiary/aromatic N) is 2. The summed E-state index contributed by atoms with van der Waals surface area (Å²) >= 11 is 5.80. The van der Waals surface area contributed by atoms with Crippen LogP contribution in [0.2, 0.25) is 5.02 Å². The normalized spacial score (nSPS) is 11.4. The molecule has 0 fully saturated rings. The van der Waals surface area contributed by atoms with Crippen molar-refractivity contribution in [2.75, 3.05) is 18.5 Å². The molecule has 0 bridgehead atoms. The molecule has 1 aromatic heterocycles. The Labute approximate surface area is 125 Å². The molecule has 5 N–H and O–H groups in total. The first kappa shape index (κ1) is 14.9. The van der Waals surface area contributed by atoms with Gasteiger partial charge in [-0.1, -0.05) is 23.7 Å². The number of anilines is 2. The number of benzene rings is 1. The second kappa shape index (κ2) is 6.27. The number of hydrogen-bond acceptors (Lipinski definition) is 5. The molecule has 0 atom stereocenters. The van der Waals surface area contributed by atoms with E-state index in [2.05, 4.69) is 9.97 Å². The predicted octanol–water partition coefficient (Wildman–Crippen LogP) is 1.11. The van der Waals surface area contributed by atoms with Crippen molar-refractivity contribution in [2.24, 2.45) is 0 Å². The molecule has 1 aromatic carbocycles. The maximum Gasteiger partial charge on any atom is 0.358 e. The third kappa shape index (κ3) is 3.73. The summed E-state index contributed by atoms with van der Waals surface area (Å²) in [7, 11) is 1.65. The van der Waals surface area contributed by atoms with E-state index in [0.29, 0.717) is 11.6 Å². The summed E-state index contributed by atoms with van der Waals surface area (Å²) in [6.07, 6.45) is 1.41. The Kier molecular flexibility index (Phi) is 4.44. The third-order valence-corrected chi connectivity index (χ3v) is 2.94. The smallest absolute Gasteiger partial charge is 0.358 e. The van der Waals surface area contributed by atoms with Gasteiger partial charge in [-0.3, -0.25) is 9.78 Å². The first-order valence-corrected chi connectivity index (χ1v) is 6.42. The van der Waals surface area contributed by atoms with Crippen LogP contribution in [0.25, 0.3) is 0 Å². The van der Waals surface area contributed by atoms with E-state index in [-0.39, 0.29) is 17.5 Å². The Morgan fingerprint density at radius 3 is 2.71 bits per heavy atom. The molecule has 0 amide bonds. The van der Waals surface area contributed by atoms with E-state index in [1.54, 1.807) is 19.2 Å². The van der Waals surface area contributed by atoms with Crippen LogP contribution in [0, 0.1) is 0 Å². The largest absolute Gasteiger partial charge is 0.463 e. The average Bonchev–Trinajstić information content (AvgIpc) is 2.44. The molecule has 0 radical (unpaired) electrons. The molecule has 0 aliphatic carbocycles. The van der Waals surface area contributed by atoms with E-state index in [1.807, 2.05) is 12.1 Å². The molecule has 110 valence electrons. The maximum atomic E-state index is 11.5. The van der Waals surface area contributed by atoms with Gasteiger partial charge in [0, 0.05) is 5.02 Å². The van der Waals surface area contributed by atoms with Crippen molar-refractivity contribution in [1.29, 1.82) is 0 Å². The van der Waals surface area contributed by atoms with Gasteiger partial charge in [-0.2, -0.15) is 0 Å². The standard InChI is InChI=1S/C13H14ClN5O2/c1-19(11-10(15)12(20)18-13(16)17-11)7-21-6-8-2-4-9(14)5-3-8/h2-5,7H,6,15H2,1H3,(H2-,16,17,18,20)/p+1/b19-7-. The lowest BCUT2D eigenvalue weighted by Crippen LogP contribution is -2.19. The fraction of sp³-hybridized carbons (Fsp3) is 0.154. The third-order valence-electron chi connectivity index (χ3n) is 2.68. The first-order valence-electron chi connectivity index (χ1n) is 6.05. The van der Waals surface area contributed by atoms with Crippen molar-refractivity contribution < 1.29 is 9.31 Å². The fourth-order valence-electron chi connectivity index (χ4n) is 1.63. The Balaban J connectivity index is 2.11. The van der Waals surface area contributed by atoms with Crippen molar-refractivity contribution >= 4 is 35.5 Å². The molecule has 0 saturated heterocycles. The lowest BCUT2D eigenvalue weighted by molar-refractivity contribution is -0.413. The number of rotatable bonds is 4. The molecule has 21 heavy (non-hydrogen) atoms. The van der Waals surface area contributed by atoms with Gasteiger partial charge in [0.05, 0.1) is 7.05 Å². The van der Waals surface area contributed by atoms with Gasteiger partial charge in [-0.05, 0) is 22.7 Å². The van der Waals surface area contributed by atoms with Crippen LogP contribution >= 0.6 is 11.6 Å². The summed E-state index contributed by atoms with van der Waals surface area (Å²) in [5.41, 5.74) is 11.6. The van der Waals surface area contributed by atoms with Gasteiger partial charge in [0.15, 0.2) is 5.69 Å². The van der Waals surface area contributed by atoms with E-state index >= 15 is 0 Å². The number of aromatic nitrogens is 2. The molecule has 0 aliphatic heterocycles. The van der Waals surface area contributed by atoms with Crippen molar-refractivity contribution in [3.8, 4) is 0 Å². The molecule has 8 heteroatoms. The van der Waals surface area contributed by atoms with Gasteiger partial charge in [-0.25, -0.2) is 4.58 Å².